The Hall–Kier alpha value is -2.10. The second-order valence-corrected chi connectivity index (χ2v) is 3.25. The maximum atomic E-state index is 11.3. The molecule has 1 heterocycles. The summed E-state index contributed by atoms with van der Waals surface area (Å²) in [6.45, 7) is 0.884. The monoisotopic (exact) mass is 216 g/mol. The van der Waals surface area contributed by atoms with Crippen LogP contribution in [0.2, 0.25) is 0 Å². The SMILES string of the molecule is O=c1cccnn1CCOc1ccccc1. The highest BCUT2D eigenvalue weighted by Crippen LogP contribution is 2.07. The van der Waals surface area contributed by atoms with Gasteiger partial charge in [-0.15, -0.1) is 0 Å². The van der Waals surface area contributed by atoms with Crippen molar-refractivity contribution in [3.05, 3.63) is 59.0 Å². The first-order valence-electron chi connectivity index (χ1n) is 5.06. The van der Waals surface area contributed by atoms with Crippen LogP contribution in [0.25, 0.3) is 0 Å². The summed E-state index contributed by atoms with van der Waals surface area (Å²) in [5.74, 6) is 0.798. The molecule has 0 radical (unpaired) electrons. The molecule has 0 saturated heterocycles. The number of rotatable bonds is 4. The molecule has 0 atom stereocenters. The molecule has 0 fully saturated rings. The largest absolute Gasteiger partial charge is 0.492 e. The van der Waals surface area contributed by atoms with Gasteiger partial charge in [0.1, 0.15) is 12.4 Å². The second kappa shape index (κ2) is 5.11. The first-order valence-corrected chi connectivity index (χ1v) is 5.06. The fourth-order valence-electron chi connectivity index (χ4n) is 1.32. The highest BCUT2D eigenvalue weighted by molar-refractivity contribution is 5.20. The van der Waals surface area contributed by atoms with E-state index in [1.54, 1.807) is 12.3 Å². The van der Waals surface area contributed by atoms with E-state index in [0.29, 0.717) is 13.2 Å². The topological polar surface area (TPSA) is 44.1 Å². The molecule has 4 heteroatoms. The summed E-state index contributed by atoms with van der Waals surface area (Å²) in [6, 6.07) is 12.6. The predicted octanol–water partition coefficient (Wildman–Crippen LogP) is 1.32. The van der Waals surface area contributed by atoms with Gasteiger partial charge in [0, 0.05) is 12.3 Å². The Bertz CT molecular complexity index is 494. The Morgan fingerprint density at radius 3 is 2.69 bits per heavy atom. The zero-order valence-corrected chi connectivity index (χ0v) is 8.74. The number of hydrogen-bond acceptors (Lipinski definition) is 3. The van der Waals surface area contributed by atoms with E-state index in [9.17, 15) is 4.79 Å². The number of hydrogen-bond donors (Lipinski definition) is 0. The molecular weight excluding hydrogens is 204 g/mol. The van der Waals surface area contributed by atoms with E-state index < -0.39 is 0 Å². The Labute approximate surface area is 93.1 Å². The molecule has 16 heavy (non-hydrogen) atoms. The van der Waals surface area contributed by atoms with Crippen molar-refractivity contribution in [2.24, 2.45) is 0 Å². The first-order chi connectivity index (χ1) is 7.86. The van der Waals surface area contributed by atoms with Crippen molar-refractivity contribution in [2.75, 3.05) is 6.61 Å². The van der Waals surface area contributed by atoms with Crippen molar-refractivity contribution >= 4 is 0 Å². The van der Waals surface area contributed by atoms with Crippen LogP contribution in [0.5, 0.6) is 5.75 Å². The number of para-hydroxylation sites is 1. The van der Waals surface area contributed by atoms with Gasteiger partial charge in [-0.25, -0.2) is 4.68 Å². The molecule has 0 spiro atoms. The van der Waals surface area contributed by atoms with E-state index >= 15 is 0 Å². The van der Waals surface area contributed by atoms with Crippen LogP contribution >= 0.6 is 0 Å². The van der Waals surface area contributed by atoms with Gasteiger partial charge in [0.25, 0.3) is 5.56 Å². The molecule has 0 unspecified atom stereocenters. The van der Waals surface area contributed by atoms with E-state index in [2.05, 4.69) is 5.10 Å². The number of ether oxygens (including phenoxy) is 1. The molecule has 0 aliphatic rings. The minimum Gasteiger partial charge on any atom is -0.492 e. The molecule has 0 aliphatic carbocycles. The van der Waals surface area contributed by atoms with Crippen LogP contribution in [0.1, 0.15) is 0 Å². The van der Waals surface area contributed by atoms with Gasteiger partial charge >= 0.3 is 0 Å². The Morgan fingerprint density at radius 1 is 1.12 bits per heavy atom. The lowest BCUT2D eigenvalue weighted by atomic mass is 10.3. The summed E-state index contributed by atoms with van der Waals surface area (Å²) in [6.07, 6.45) is 1.59. The Balaban J connectivity index is 1.90. The molecule has 2 aromatic rings. The lowest BCUT2D eigenvalue weighted by molar-refractivity contribution is 0.288. The molecule has 0 aliphatic heterocycles. The molecule has 0 saturated carbocycles. The van der Waals surface area contributed by atoms with Crippen LogP contribution in [0, 0.1) is 0 Å². The zero-order chi connectivity index (χ0) is 11.2. The highest BCUT2D eigenvalue weighted by atomic mass is 16.5. The van der Waals surface area contributed by atoms with E-state index in [1.165, 1.54) is 10.7 Å². The molecular formula is C12H12N2O2. The third-order valence-corrected chi connectivity index (χ3v) is 2.10. The lowest BCUT2D eigenvalue weighted by Gasteiger charge is -2.06. The number of benzene rings is 1. The van der Waals surface area contributed by atoms with Gasteiger partial charge in [-0.05, 0) is 18.2 Å². The Morgan fingerprint density at radius 2 is 1.94 bits per heavy atom. The average molecular weight is 216 g/mol. The first kappa shape index (κ1) is 10.4. The van der Waals surface area contributed by atoms with Crippen LogP contribution in [0.15, 0.2) is 53.5 Å². The third kappa shape index (κ3) is 2.70. The number of aromatic nitrogens is 2. The van der Waals surface area contributed by atoms with Gasteiger partial charge in [-0.3, -0.25) is 4.79 Å². The van der Waals surface area contributed by atoms with Gasteiger partial charge in [-0.2, -0.15) is 5.10 Å². The van der Waals surface area contributed by atoms with Crippen molar-refractivity contribution < 1.29 is 4.74 Å². The average Bonchev–Trinajstić information content (AvgIpc) is 2.33. The summed E-state index contributed by atoms with van der Waals surface area (Å²) in [7, 11) is 0. The number of nitrogens with zero attached hydrogens (tertiary/aromatic N) is 2. The van der Waals surface area contributed by atoms with Crippen molar-refractivity contribution in [2.45, 2.75) is 6.54 Å². The molecule has 0 amide bonds. The zero-order valence-electron chi connectivity index (χ0n) is 8.74. The van der Waals surface area contributed by atoms with Crippen LogP contribution < -0.4 is 10.3 Å². The van der Waals surface area contributed by atoms with Gasteiger partial charge < -0.3 is 4.74 Å². The maximum absolute atomic E-state index is 11.3. The Kier molecular flexibility index (Phi) is 3.33. The molecule has 82 valence electrons. The van der Waals surface area contributed by atoms with Crippen LogP contribution in [0.3, 0.4) is 0 Å². The van der Waals surface area contributed by atoms with Gasteiger partial charge in [0.15, 0.2) is 0 Å². The van der Waals surface area contributed by atoms with Crippen LogP contribution in [-0.2, 0) is 6.54 Å². The predicted molar refractivity (Wildman–Crippen MR) is 60.4 cm³/mol. The van der Waals surface area contributed by atoms with E-state index in [0.717, 1.165) is 5.75 Å². The summed E-state index contributed by atoms with van der Waals surface area (Å²) < 4.78 is 6.84. The normalized spacial score (nSPS) is 10.0. The minimum atomic E-state index is -0.112. The van der Waals surface area contributed by atoms with Gasteiger partial charge in [0.05, 0.1) is 6.54 Å². The summed E-state index contributed by atoms with van der Waals surface area (Å²) in [5, 5.41) is 3.93. The van der Waals surface area contributed by atoms with Gasteiger partial charge in [-0.1, -0.05) is 18.2 Å². The maximum Gasteiger partial charge on any atom is 0.266 e. The second-order valence-electron chi connectivity index (χ2n) is 3.25. The van der Waals surface area contributed by atoms with E-state index in [-0.39, 0.29) is 5.56 Å². The lowest BCUT2D eigenvalue weighted by Crippen LogP contribution is -2.24. The van der Waals surface area contributed by atoms with Crippen LogP contribution in [0.4, 0.5) is 0 Å². The van der Waals surface area contributed by atoms with E-state index in [4.69, 9.17) is 4.74 Å². The van der Waals surface area contributed by atoms with E-state index in [1.807, 2.05) is 30.3 Å². The summed E-state index contributed by atoms with van der Waals surface area (Å²) >= 11 is 0. The molecule has 0 N–H and O–H groups in total. The standard InChI is InChI=1S/C12H12N2O2/c15-12-7-4-8-13-14(12)9-10-16-11-5-2-1-3-6-11/h1-8H,9-10H2. The molecule has 2 rings (SSSR count). The fraction of sp³-hybridized carbons (Fsp3) is 0.167. The fourth-order valence-corrected chi connectivity index (χ4v) is 1.32. The van der Waals surface area contributed by atoms with Gasteiger partial charge in [0.2, 0.25) is 0 Å². The third-order valence-electron chi connectivity index (χ3n) is 2.10. The summed E-state index contributed by atoms with van der Waals surface area (Å²) in [4.78, 5) is 11.3. The molecule has 1 aromatic heterocycles. The van der Waals surface area contributed by atoms with Crippen LogP contribution in [-0.4, -0.2) is 16.4 Å². The van der Waals surface area contributed by atoms with Crippen molar-refractivity contribution in [1.82, 2.24) is 9.78 Å². The molecule has 1 aromatic carbocycles. The smallest absolute Gasteiger partial charge is 0.266 e. The highest BCUT2D eigenvalue weighted by Gasteiger charge is 1.96. The quantitative estimate of drug-likeness (QED) is 0.774. The van der Waals surface area contributed by atoms with Crippen molar-refractivity contribution in [3.63, 3.8) is 0 Å². The van der Waals surface area contributed by atoms with Crippen molar-refractivity contribution in [3.8, 4) is 5.75 Å². The minimum absolute atomic E-state index is 0.112. The molecule has 4 nitrogen and oxygen atoms in total. The molecule has 0 bridgehead atoms. The summed E-state index contributed by atoms with van der Waals surface area (Å²) in [5.41, 5.74) is -0.112. The van der Waals surface area contributed by atoms with Crippen molar-refractivity contribution in [1.29, 1.82) is 0 Å².